The van der Waals surface area contributed by atoms with Crippen LogP contribution in [0.25, 0.3) is 0 Å². The summed E-state index contributed by atoms with van der Waals surface area (Å²) >= 11 is 1.77. The summed E-state index contributed by atoms with van der Waals surface area (Å²) in [6.45, 7) is 5.27. The number of rotatable bonds is 5. The molecule has 5 nitrogen and oxygen atoms in total. The Bertz CT molecular complexity index is 324. The van der Waals surface area contributed by atoms with Gasteiger partial charge in [-0.15, -0.1) is 0 Å². The highest BCUT2D eigenvalue weighted by Gasteiger charge is 2.42. The van der Waals surface area contributed by atoms with Crippen molar-refractivity contribution in [3.05, 3.63) is 0 Å². The molecule has 1 fully saturated rings. The molecule has 0 bridgehead atoms. The number of amides is 2. The van der Waals surface area contributed by atoms with Gasteiger partial charge in [0.15, 0.2) is 0 Å². The number of carbonyl (C=O) groups excluding carboxylic acids is 1. The van der Waals surface area contributed by atoms with E-state index in [1.807, 2.05) is 6.26 Å². The molecule has 104 valence electrons. The first-order chi connectivity index (χ1) is 8.39. The van der Waals surface area contributed by atoms with E-state index in [9.17, 15) is 9.59 Å². The first kappa shape index (κ1) is 15.1. The Morgan fingerprint density at radius 3 is 2.72 bits per heavy atom. The molecule has 6 heteroatoms. The van der Waals surface area contributed by atoms with Crippen molar-refractivity contribution in [3.63, 3.8) is 0 Å². The molecule has 0 saturated carbocycles. The molecule has 1 aliphatic rings. The minimum atomic E-state index is -0.825. The zero-order chi connectivity index (χ0) is 13.8. The van der Waals surface area contributed by atoms with Crippen LogP contribution in [0.5, 0.6) is 0 Å². The van der Waals surface area contributed by atoms with Crippen LogP contribution in [0.2, 0.25) is 0 Å². The van der Waals surface area contributed by atoms with Gasteiger partial charge in [0.2, 0.25) is 0 Å². The Hall–Kier alpha value is -0.910. The number of carboxylic acid groups (broad SMARTS) is 1. The average Bonchev–Trinajstić information content (AvgIpc) is 2.73. The highest BCUT2D eigenvalue weighted by atomic mass is 32.2. The molecule has 1 rings (SSSR count). The quantitative estimate of drug-likeness (QED) is 0.799. The van der Waals surface area contributed by atoms with Crippen LogP contribution in [-0.2, 0) is 4.79 Å². The Kier molecular flexibility index (Phi) is 5.31. The van der Waals surface area contributed by atoms with Crippen LogP contribution in [0.4, 0.5) is 4.79 Å². The van der Waals surface area contributed by atoms with Crippen LogP contribution in [0.3, 0.4) is 0 Å². The number of hydrogen-bond donors (Lipinski definition) is 2. The zero-order valence-electron chi connectivity index (χ0n) is 11.2. The number of nitrogens with zero attached hydrogens (tertiary/aromatic N) is 1. The van der Waals surface area contributed by atoms with Gasteiger partial charge < -0.3 is 15.3 Å². The molecule has 0 radical (unpaired) electrons. The van der Waals surface area contributed by atoms with Crippen molar-refractivity contribution < 1.29 is 14.7 Å². The van der Waals surface area contributed by atoms with E-state index in [1.54, 1.807) is 23.6 Å². The topological polar surface area (TPSA) is 69.6 Å². The van der Waals surface area contributed by atoms with Gasteiger partial charge in [0.25, 0.3) is 0 Å². The monoisotopic (exact) mass is 274 g/mol. The minimum absolute atomic E-state index is 0.145. The molecule has 2 amide bonds. The van der Waals surface area contributed by atoms with E-state index >= 15 is 0 Å². The van der Waals surface area contributed by atoms with Crippen LogP contribution in [-0.4, -0.2) is 53.1 Å². The number of aliphatic carboxylic acids is 1. The summed E-state index contributed by atoms with van der Waals surface area (Å²) < 4.78 is 0. The number of carbonyl (C=O) groups is 2. The van der Waals surface area contributed by atoms with Gasteiger partial charge in [0, 0.05) is 24.9 Å². The van der Waals surface area contributed by atoms with Crippen LogP contribution in [0.1, 0.15) is 26.7 Å². The molecule has 2 unspecified atom stereocenters. The lowest BCUT2D eigenvalue weighted by Crippen LogP contribution is -2.41. The highest BCUT2D eigenvalue weighted by molar-refractivity contribution is 7.99. The van der Waals surface area contributed by atoms with Gasteiger partial charge >= 0.3 is 12.0 Å². The van der Waals surface area contributed by atoms with E-state index in [1.165, 1.54) is 0 Å². The Balaban J connectivity index is 2.34. The fourth-order valence-electron chi connectivity index (χ4n) is 1.92. The first-order valence-corrected chi connectivity index (χ1v) is 7.47. The second-order valence-corrected chi connectivity index (χ2v) is 6.38. The number of urea groups is 1. The van der Waals surface area contributed by atoms with Crippen molar-refractivity contribution in [2.24, 2.45) is 5.41 Å². The summed E-state index contributed by atoms with van der Waals surface area (Å²) in [4.78, 5) is 24.5. The van der Waals surface area contributed by atoms with E-state index < -0.39 is 11.4 Å². The molecule has 0 aromatic carbocycles. The lowest BCUT2D eigenvalue weighted by molar-refractivity contribution is -0.146. The second kappa shape index (κ2) is 6.31. The van der Waals surface area contributed by atoms with Gasteiger partial charge in [-0.05, 0) is 26.0 Å². The van der Waals surface area contributed by atoms with Crippen molar-refractivity contribution in [1.29, 1.82) is 0 Å². The zero-order valence-corrected chi connectivity index (χ0v) is 12.0. The molecule has 18 heavy (non-hydrogen) atoms. The largest absolute Gasteiger partial charge is 0.481 e. The molecule has 1 heterocycles. The van der Waals surface area contributed by atoms with E-state index in [4.69, 9.17) is 5.11 Å². The normalized spacial score (nSPS) is 24.9. The summed E-state index contributed by atoms with van der Waals surface area (Å²) in [5, 5.41) is 12.5. The molecule has 1 saturated heterocycles. The number of thioether (sulfide) groups is 1. The number of likely N-dealkylation sites (tertiary alicyclic amines) is 1. The molecule has 0 aromatic rings. The third-order valence-corrected chi connectivity index (χ3v) is 4.55. The maximum atomic E-state index is 11.8. The standard InChI is InChI=1S/C12H22N2O3S/c1-9(18-3)4-6-13-11(17)14-7-5-12(2,8-14)10(15)16/h9H,4-8H2,1-3H3,(H,13,17)(H,15,16). The summed E-state index contributed by atoms with van der Waals surface area (Å²) in [5.74, 6) is -0.825. The van der Waals surface area contributed by atoms with Crippen LogP contribution in [0, 0.1) is 5.41 Å². The van der Waals surface area contributed by atoms with Gasteiger partial charge in [-0.2, -0.15) is 11.8 Å². The van der Waals surface area contributed by atoms with Gasteiger partial charge in [0.1, 0.15) is 0 Å². The smallest absolute Gasteiger partial charge is 0.317 e. The Morgan fingerprint density at radius 2 is 2.22 bits per heavy atom. The van der Waals surface area contributed by atoms with E-state index in [0.29, 0.717) is 31.3 Å². The lowest BCUT2D eigenvalue weighted by atomic mass is 9.90. The second-order valence-electron chi connectivity index (χ2n) is 5.10. The van der Waals surface area contributed by atoms with Crippen molar-refractivity contribution in [3.8, 4) is 0 Å². The van der Waals surface area contributed by atoms with E-state index in [0.717, 1.165) is 6.42 Å². The average molecular weight is 274 g/mol. The van der Waals surface area contributed by atoms with Gasteiger partial charge in [-0.25, -0.2) is 4.79 Å². The van der Waals surface area contributed by atoms with Crippen LogP contribution >= 0.6 is 11.8 Å². The predicted molar refractivity (Wildman–Crippen MR) is 72.9 cm³/mol. The minimum Gasteiger partial charge on any atom is -0.481 e. The molecular formula is C12H22N2O3S. The summed E-state index contributed by atoms with van der Waals surface area (Å²) in [6, 6.07) is -0.145. The molecule has 2 atom stereocenters. The maximum absolute atomic E-state index is 11.8. The molecule has 0 spiro atoms. The van der Waals surface area contributed by atoms with Crippen molar-refractivity contribution in [2.75, 3.05) is 25.9 Å². The summed E-state index contributed by atoms with van der Waals surface area (Å²) in [6.07, 6.45) is 3.50. The third-order valence-electron chi connectivity index (χ3n) is 3.51. The molecule has 0 aliphatic carbocycles. The SMILES string of the molecule is CSC(C)CCNC(=O)N1CCC(C)(C(=O)O)C1. The number of carboxylic acids is 1. The van der Waals surface area contributed by atoms with Crippen LogP contribution < -0.4 is 5.32 Å². The first-order valence-electron chi connectivity index (χ1n) is 6.18. The summed E-state index contributed by atoms with van der Waals surface area (Å²) in [7, 11) is 0. The van der Waals surface area contributed by atoms with Crippen molar-refractivity contribution >= 4 is 23.8 Å². The van der Waals surface area contributed by atoms with Crippen LogP contribution in [0.15, 0.2) is 0 Å². The fraction of sp³-hybridized carbons (Fsp3) is 0.833. The van der Waals surface area contributed by atoms with Gasteiger partial charge in [-0.1, -0.05) is 6.92 Å². The lowest BCUT2D eigenvalue weighted by Gasteiger charge is -2.20. The maximum Gasteiger partial charge on any atom is 0.317 e. The van der Waals surface area contributed by atoms with Gasteiger partial charge in [0.05, 0.1) is 5.41 Å². The fourth-order valence-corrected chi connectivity index (χ4v) is 2.27. The Labute approximate surface area is 112 Å². The molecule has 2 N–H and O–H groups in total. The molecule has 0 aromatic heterocycles. The summed E-state index contributed by atoms with van der Waals surface area (Å²) in [5.41, 5.74) is -0.788. The predicted octanol–water partition coefficient (Wildman–Crippen LogP) is 1.63. The van der Waals surface area contributed by atoms with E-state index in [-0.39, 0.29) is 6.03 Å². The van der Waals surface area contributed by atoms with Crippen molar-refractivity contribution in [2.45, 2.75) is 31.9 Å². The number of hydrogen-bond acceptors (Lipinski definition) is 3. The van der Waals surface area contributed by atoms with Gasteiger partial charge in [-0.3, -0.25) is 4.79 Å². The number of nitrogens with one attached hydrogen (secondary N) is 1. The highest BCUT2D eigenvalue weighted by Crippen LogP contribution is 2.29. The molecule has 1 aliphatic heterocycles. The Morgan fingerprint density at radius 1 is 1.56 bits per heavy atom. The molecular weight excluding hydrogens is 252 g/mol. The van der Waals surface area contributed by atoms with E-state index in [2.05, 4.69) is 12.2 Å². The van der Waals surface area contributed by atoms with Crippen molar-refractivity contribution in [1.82, 2.24) is 10.2 Å². The third kappa shape index (κ3) is 3.80.